The van der Waals surface area contributed by atoms with Crippen molar-refractivity contribution < 1.29 is 4.74 Å². The smallest absolute Gasteiger partial charge is 0.0797 e. The molecule has 1 saturated heterocycles. The second-order valence-corrected chi connectivity index (χ2v) is 5.57. The maximum absolute atomic E-state index is 5.95. The quantitative estimate of drug-likeness (QED) is 0.824. The molecule has 4 heteroatoms. The van der Waals surface area contributed by atoms with Gasteiger partial charge in [-0.05, 0) is 31.7 Å². The van der Waals surface area contributed by atoms with E-state index in [2.05, 4.69) is 37.4 Å². The first-order chi connectivity index (χ1) is 9.26. The lowest BCUT2D eigenvalue weighted by molar-refractivity contribution is 0.0607. The van der Waals surface area contributed by atoms with Gasteiger partial charge in [0.15, 0.2) is 0 Å². The van der Waals surface area contributed by atoms with E-state index in [0.717, 1.165) is 39.0 Å². The molecule has 0 amide bonds. The molecule has 1 fully saturated rings. The van der Waals surface area contributed by atoms with Gasteiger partial charge >= 0.3 is 0 Å². The molecule has 1 aromatic heterocycles. The van der Waals surface area contributed by atoms with E-state index in [4.69, 9.17) is 4.74 Å². The summed E-state index contributed by atoms with van der Waals surface area (Å²) in [7, 11) is 0. The topological polar surface area (TPSA) is 39.1 Å². The zero-order valence-electron chi connectivity index (χ0n) is 12.4. The maximum atomic E-state index is 5.95. The van der Waals surface area contributed by atoms with Crippen LogP contribution in [0.4, 0.5) is 0 Å². The van der Waals surface area contributed by atoms with Crippen molar-refractivity contribution in [3.05, 3.63) is 18.0 Å². The number of ether oxygens (including phenoxy) is 1. The summed E-state index contributed by atoms with van der Waals surface area (Å²) in [6.07, 6.45) is 7.87. The van der Waals surface area contributed by atoms with Gasteiger partial charge in [0.1, 0.15) is 0 Å². The van der Waals surface area contributed by atoms with Crippen LogP contribution in [0.25, 0.3) is 0 Å². The lowest BCUT2D eigenvalue weighted by Gasteiger charge is -2.26. The van der Waals surface area contributed by atoms with Crippen molar-refractivity contribution >= 4 is 0 Å². The average molecular weight is 265 g/mol. The Hall–Kier alpha value is -0.870. The Morgan fingerprint density at radius 1 is 1.47 bits per heavy atom. The number of rotatable bonds is 7. The van der Waals surface area contributed by atoms with Gasteiger partial charge in [-0.3, -0.25) is 4.68 Å². The molecular formula is C15H27N3O. The standard InChI is InChI=1S/C15H27N3O/c1-4-7-16-14(15-12(3)6-9-19-15)13-10-17-18(11-13)8-5-2/h10-12,14-16H,4-9H2,1-3H3. The van der Waals surface area contributed by atoms with Crippen LogP contribution in [0.5, 0.6) is 0 Å². The molecule has 0 saturated carbocycles. The van der Waals surface area contributed by atoms with Crippen LogP contribution in [0.3, 0.4) is 0 Å². The van der Waals surface area contributed by atoms with Crippen LogP contribution in [0, 0.1) is 5.92 Å². The highest BCUT2D eigenvalue weighted by atomic mass is 16.5. The molecule has 2 rings (SSSR count). The molecule has 0 bridgehead atoms. The van der Waals surface area contributed by atoms with Crippen LogP contribution in [0.1, 0.15) is 51.6 Å². The first kappa shape index (κ1) is 14.5. The van der Waals surface area contributed by atoms with Crippen molar-refractivity contribution in [1.82, 2.24) is 15.1 Å². The number of nitrogens with one attached hydrogen (secondary N) is 1. The molecule has 2 heterocycles. The average Bonchev–Trinajstić information content (AvgIpc) is 3.01. The molecule has 3 unspecified atom stereocenters. The zero-order valence-corrected chi connectivity index (χ0v) is 12.4. The summed E-state index contributed by atoms with van der Waals surface area (Å²) in [5, 5.41) is 8.09. The van der Waals surface area contributed by atoms with Crippen molar-refractivity contribution in [2.45, 2.75) is 58.7 Å². The van der Waals surface area contributed by atoms with Gasteiger partial charge < -0.3 is 10.1 Å². The molecule has 1 aliphatic heterocycles. The van der Waals surface area contributed by atoms with Gasteiger partial charge in [0.05, 0.1) is 18.3 Å². The van der Waals surface area contributed by atoms with E-state index in [1.165, 1.54) is 5.56 Å². The Kier molecular flexibility index (Phi) is 5.40. The van der Waals surface area contributed by atoms with Gasteiger partial charge in [-0.1, -0.05) is 20.8 Å². The second-order valence-electron chi connectivity index (χ2n) is 5.57. The van der Waals surface area contributed by atoms with Crippen LogP contribution in [-0.4, -0.2) is 29.0 Å². The minimum Gasteiger partial charge on any atom is -0.376 e. The third-order valence-electron chi connectivity index (χ3n) is 3.85. The monoisotopic (exact) mass is 265 g/mol. The summed E-state index contributed by atoms with van der Waals surface area (Å²) in [5.41, 5.74) is 1.26. The van der Waals surface area contributed by atoms with E-state index >= 15 is 0 Å². The van der Waals surface area contributed by atoms with E-state index in [9.17, 15) is 0 Å². The molecule has 108 valence electrons. The second kappa shape index (κ2) is 7.06. The number of aromatic nitrogens is 2. The summed E-state index contributed by atoms with van der Waals surface area (Å²) in [6, 6.07) is 0.281. The Balaban J connectivity index is 2.10. The molecule has 1 aliphatic rings. The van der Waals surface area contributed by atoms with Crippen molar-refractivity contribution in [2.75, 3.05) is 13.2 Å². The predicted molar refractivity (Wildman–Crippen MR) is 77.1 cm³/mol. The van der Waals surface area contributed by atoms with E-state index in [-0.39, 0.29) is 12.1 Å². The molecule has 0 spiro atoms. The highest BCUT2D eigenvalue weighted by Crippen LogP contribution is 2.31. The SMILES string of the molecule is CCCNC(c1cnn(CCC)c1)C1OCCC1C. The van der Waals surface area contributed by atoms with E-state index < -0.39 is 0 Å². The molecule has 0 aromatic carbocycles. The number of hydrogen-bond donors (Lipinski definition) is 1. The summed E-state index contributed by atoms with van der Waals surface area (Å²) >= 11 is 0. The Bertz CT molecular complexity index is 377. The minimum absolute atomic E-state index is 0.281. The van der Waals surface area contributed by atoms with Gasteiger partial charge in [0.25, 0.3) is 0 Å². The molecule has 3 atom stereocenters. The fourth-order valence-corrected chi connectivity index (χ4v) is 2.76. The van der Waals surface area contributed by atoms with Crippen molar-refractivity contribution in [3.63, 3.8) is 0 Å². The molecule has 0 aliphatic carbocycles. The molecule has 1 N–H and O–H groups in total. The Morgan fingerprint density at radius 3 is 2.95 bits per heavy atom. The van der Waals surface area contributed by atoms with Gasteiger partial charge in [-0.15, -0.1) is 0 Å². The van der Waals surface area contributed by atoms with Gasteiger partial charge in [0, 0.05) is 24.9 Å². The van der Waals surface area contributed by atoms with E-state index in [1.54, 1.807) is 0 Å². The Morgan fingerprint density at radius 2 is 2.32 bits per heavy atom. The lowest BCUT2D eigenvalue weighted by atomic mass is 9.94. The number of aryl methyl sites for hydroxylation is 1. The molecule has 1 aromatic rings. The van der Waals surface area contributed by atoms with Crippen molar-refractivity contribution in [2.24, 2.45) is 5.92 Å². The number of nitrogens with zero attached hydrogens (tertiary/aromatic N) is 2. The number of hydrogen-bond acceptors (Lipinski definition) is 3. The lowest BCUT2D eigenvalue weighted by Crippen LogP contribution is -2.35. The molecule has 19 heavy (non-hydrogen) atoms. The third kappa shape index (κ3) is 3.57. The predicted octanol–water partition coefficient (Wildman–Crippen LogP) is 2.76. The van der Waals surface area contributed by atoms with Gasteiger partial charge in [-0.2, -0.15) is 5.10 Å². The maximum Gasteiger partial charge on any atom is 0.0797 e. The highest BCUT2D eigenvalue weighted by molar-refractivity contribution is 5.13. The normalized spacial score (nSPS) is 24.8. The molecule has 4 nitrogen and oxygen atoms in total. The van der Waals surface area contributed by atoms with Crippen LogP contribution in [-0.2, 0) is 11.3 Å². The van der Waals surface area contributed by atoms with Gasteiger partial charge in [-0.25, -0.2) is 0 Å². The fourth-order valence-electron chi connectivity index (χ4n) is 2.76. The first-order valence-corrected chi connectivity index (χ1v) is 7.63. The van der Waals surface area contributed by atoms with Crippen LogP contribution < -0.4 is 5.32 Å². The zero-order chi connectivity index (χ0) is 13.7. The van der Waals surface area contributed by atoms with Crippen molar-refractivity contribution in [1.29, 1.82) is 0 Å². The summed E-state index contributed by atoms with van der Waals surface area (Å²) in [5.74, 6) is 0.615. The third-order valence-corrected chi connectivity index (χ3v) is 3.85. The highest BCUT2D eigenvalue weighted by Gasteiger charge is 2.33. The summed E-state index contributed by atoms with van der Waals surface area (Å²) < 4.78 is 7.99. The van der Waals surface area contributed by atoms with E-state index in [1.807, 2.05) is 10.9 Å². The summed E-state index contributed by atoms with van der Waals surface area (Å²) in [4.78, 5) is 0. The fraction of sp³-hybridized carbons (Fsp3) is 0.800. The van der Waals surface area contributed by atoms with Crippen LogP contribution in [0.15, 0.2) is 12.4 Å². The van der Waals surface area contributed by atoms with E-state index in [0.29, 0.717) is 5.92 Å². The van der Waals surface area contributed by atoms with Gasteiger partial charge in [0.2, 0.25) is 0 Å². The largest absolute Gasteiger partial charge is 0.376 e. The van der Waals surface area contributed by atoms with Crippen LogP contribution in [0.2, 0.25) is 0 Å². The van der Waals surface area contributed by atoms with Crippen LogP contribution >= 0.6 is 0 Å². The summed E-state index contributed by atoms with van der Waals surface area (Å²) in [6.45, 7) is 9.56. The Labute approximate surface area is 116 Å². The minimum atomic E-state index is 0.281. The molecular weight excluding hydrogens is 238 g/mol. The molecule has 0 radical (unpaired) electrons. The van der Waals surface area contributed by atoms with Crippen molar-refractivity contribution in [3.8, 4) is 0 Å². The first-order valence-electron chi connectivity index (χ1n) is 7.63.